The summed E-state index contributed by atoms with van der Waals surface area (Å²) in [5, 5.41) is 11.1. The summed E-state index contributed by atoms with van der Waals surface area (Å²) in [5.41, 5.74) is 0.775. The molecule has 0 aliphatic rings. The second kappa shape index (κ2) is 5.12. The molecular weight excluding hydrogens is 260 g/mol. The monoisotopic (exact) mass is 274 g/mol. The van der Waals surface area contributed by atoms with Gasteiger partial charge in [0.1, 0.15) is 0 Å². The highest BCUT2D eigenvalue weighted by molar-refractivity contribution is 5.68. The summed E-state index contributed by atoms with van der Waals surface area (Å²) >= 11 is 0. The quantitative estimate of drug-likeness (QED) is 0.679. The minimum atomic E-state index is -0.523. The Balaban J connectivity index is 2.70. The Hall–Kier alpha value is -2.70. The van der Waals surface area contributed by atoms with Gasteiger partial charge in [-0.1, -0.05) is 6.07 Å². The molecule has 0 unspecified atom stereocenters. The van der Waals surface area contributed by atoms with E-state index in [9.17, 15) is 14.9 Å². The second-order valence-corrected chi connectivity index (χ2v) is 4.56. The number of hydrogen-bond acceptors (Lipinski definition) is 5. The van der Waals surface area contributed by atoms with E-state index in [-0.39, 0.29) is 17.1 Å². The van der Waals surface area contributed by atoms with Crippen molar-refractivity contribution in [3.63, 3.8) is 0 Å². The van der Waals surface area contributed by atoms with Crippen LogP contribution in [0.3, 0.4) is 0 Å². The van der Waals surface area contributed by atoms with Crippen LogP contribution < -0.4 is 10.5 Å². The highest BCUT2D eigenvalue weighted by Gasteiger charge is 2.20. The summed E-state index contributed by atoms with van der Waals surface area (Å²) in [7, 11) is 3.26. The zero-order valence-corrected chi connectivity index (χ0v) is 11.4. The van der Waals surface area contributed by atoms with Gasteiger partial charge in [0.2, 0.25) is 0 Å². The van der Waals surface area contributed by atoms with Gasteiger partial charge >= 0.3 is 5.69 Å². The first kappa shape index (κ1) is 13.7. The summed E-state index contributed by atoms with van der Waals surface area (Å²) in [6.07, 6.45) is 0. The minimum absolute atomic E-state index is 0.159. The van der Waals surface area contributed by atoms with Crippen molar-refractivity contribution in [2.75, 3.05) is 19.0 Å². The van der Waals surface area contributed by atoms with Crippen molar-refractivity contribution in [3.05, 3.63) is 50.4 Å². The van der Waals surface area contributed by atoms with Crippen LogP contribution in [-0.2, 0) is 0 Å². The summed E-state index contributed by atoms with van der Waals surface area (Å²) < 4.78 is 0. The first-order chi connectivity index (χ1) is 9.40. The van der Waals surface area contributed by atoms with Crippen LogP contribution in [0.5, 0.6) is 0 Å². The Bertz CT molecular complexity index is 722. The lowest BCUT2D eigenvalue weighted by molar-refractivity contribution is -0.384. The summed E-state index contributed by atoms with van der Waals surface area (Å²) in [4.78, 5) is 30.9. The number of hydrogen-bond donors (Lipinski definition) is 1. The molecule has 2 aromatic heterocycles. The number of anilines is 1. The van der Waals surface area contributed by atoms with Crippen molar-refractivity contribution in [1.82, 2.24) is 9.97 Å². The van der Waals surface area contributed by atoms with E-state index in [0.717, 1.165) is 5.69 Å². The molecule has 0 saturated heterocycles. The molecule has 2 rings (SSSR count). The van der Waals surface area contributed by atoms with Gasteiger partial charge in [-0.2, -0.15) is 0 Å². The highest BCUT2D eigenvalue weighted by Crippen LogP contribution is 2.26. The van der Waals surface area contributed by atoms with Crippen LogP contribution in [0, 0.1) is 17.0 Å². The number of H-pyrrole nitrogens is 1. The Labute approximate surface area is 115 Å². The van der Waals surface area contributed by atoms with Crippen molar-refractivity contribution in [2.24, 2.45) is 0 Å². The molecule has 104 valence electrons. The third-order valence-electron chi connectivity index (χ3n) is 2.81. The van der Waals surface area contributed by atoms with Crippen LogP contribution in [0.25, 0.3) is 11.3 Å². The number of pyridine rings is 2. The fourth-order valence-corrected chi connectivity index (χ4v) is 1.87. The Kier molecular flexibility index (Phi) is 3.51. The molecule has 0 saturated carbocycles. The van der Waals surface area contributed by atoms with Gasteiger partial charge in [0.15, 0.2) is 5.82 Å². The van der Waals surface area contributed by atoms with Gasteiger partial charge in [-0.3, -0.25) is 19.9 Å². The van der Waals surface area contributed by atoms with Crippen molar-refractivity contribution in [3.8, 4) is 11.3 Å². The van der Waals surface area contributed by atoms with Crippen LogP contribution >= 0.6 is 0 Å². The molecule has 0 spiro atoms. The van der Waals surface area contributed by atoms with Crippen molar-refractivity contribution in [2.45, 2.75) is 6.92 Å². The average Bonchev–Trinajstić information content (AvgIpc) is 2.37. The number of rotatable bonds is 3. The topological polar surface area (TPSA) is 92.1 Å². The number of nitrogens with one attached hydrogen (secondary N) is 1. The lowest BCUT2D eigenvalue weighted by atomic mass is 10.1. The molecule has 0 aromatic carbocycles. The third-order valence-corrected chi connectivity index (χ3v) is 2.81. The van der Waals surface area contributed by atoms with Gasteiger partial charge in [0.05, 0.1) is 16.2 Å². The van der Waals surface area contributed by atoms with Crippen LogP contribution in [0.1, 0.15) is 5.69 Å². The first-order valence-corrected chi connectivity index (χ1v) is 5.93. The SMILES string of the molecule is Cc1cccc(-c2cc([N+](=O)[O-])c(N(C)C)[nH]c2=O)n1. The van der Waals surface area contributed by atoms with Gasteiger partial charge in [-0.15, -0.1) is 0 Å². The summed E-state index contributed by atoms with van der Waals surface area (Å²) in [6.45, 7) is 1.79. The molecule has 1 N–H and O–H groups in total. The van der Waals surface area contributed by atoms with Crippen LogP contribution in [0.2, 0.25) is 0 Å². The Morgan fingerprint density at radius 3 is 2.60 bits per heavy atom. The van der Waals surface area contributed by atoms with E-state index in [1.807, 2.05) is 0 Å². The predicted octanol–water partition coefficient (Wildman–Crippen LogP) is 1.72. The van der Waals surface area contributed by atoms with E-state index in [1.54, 1.807) is 39.2 Å². The fraction of sp³-hybridized carbons (Fsp3) is 0.231. The maximum atomic E-state index is 12.1. The molecule has 7 nitrogen and oxygen atoms in total. The number of aromatic nitrogens is 2. The number of aryl methyl sites for hydroxylation is 1. The Morgan fingerprint density at radius 2 is 2.05 bits per heavy atom. The molecule has 0 radical (unpaired) electrons. The molecule has 2 aromatic rings. The standard InChI is InChI=1S/C13H14N4O3/c1-8-5-4-6-10(14-8)9-7-11(17(19)20)12(16(2)3)15-13(9)18/h4-7H,1-3H3,(H,15,18). The fourth-order valence-electron chi connectivity index (χ4n) is 1.87. The zero-order valence-electron chi connectivity index (χ0n) is 11.4. The smallest absolute Gasteiger partial charge is 0.310 e. The van der Waals surface area contributed by atoms with Crippen LogP contribution in [-0.4, -0.2) is 29.0 Å². The molecule has 0 atom stereocenters. The predicted molar refractivity (Wildman–Crippen MR) is 76.0 cm³/mol. The lowest BCUT2D eigenvalue weighted by Gasteiger charge is -2.12. The number of nitrogens with zero attached hydrogens (tertiary/aromatic N) is 3. The van der Waals surface area contributed by atoms with E-state index in [1.165, 1.54) is 11.0 Å². The molecule has 0 aliphatic heterocycles. The maximum Gasteiger partial charge on any atom is 0.310 e. The molecular formula is C13H14N4O3. The van der Waals surface area contributed by atoms with E-state index in [4.69, 9.17) is 0 Å². The number of nitro groups is 1. The van der Waals surface area contributed by atoms with Gasteiger partial charge < -0.3 is 9.88 Å². The third kappa shape index (κ3) is 2.51. The molecule has 20 heavy (non-hydrogen) atoms. The van der Waals surface area contributed by atoms with Crippen LogP contribution in [0.15, 0.2) is 29.1 Å². The van der Waals surface area contributed by atoms with Gasteiger partial charge in [0.25, 0.3) is 5.56 Å². The lowest BCUT2D eigenvalue weighted by Crippen LogP contribution is -2.19. The molecule has 0 bridgehead atoms. The maximum absolute atomic E-state index is 12.1. The van der Waals surface area contributed by atoms with Crippen LogP contribution in [0.4, 0.5) is 11.5 Å². The van der Waals surface area contributed by atoms with Gasteiger partial charge in [-0.05, 0) is 19.1 Å². The molecule has 2 heterocycles. The molecule has 0 amide bonds. The molecule has 7 heteroatoms. The first-order valence-electron chi connectivity index (χ1n) is 5.93. The number of aromatic amines is 1. The Morgan fingerprint density at radius 1 is 1.35 bits per heavy atom. The molecule has 0 aliphatic carbocycles. The molecule has 0 fully saturated rings. The highest BCUT2D eigenvalue weighted by atomic mass is 16.6. The average molecular weight is 274 g/mol. The van der Waals surface area contributed by atoms with E-state index >= 15 is 0 Å². The van der Waals surface area contributed by atoms with Crippen molar-refractivity contribution >= 4 is 11.5 Å². The van der Waals surface area contributed by atoms with E-state index in [0.29, 0.717) is 5.69 Å². The zero-order chi connectivity index (χ0) is 14.9. The summed E-state index contributed by atoms with van der Waals surface area (Å²) in [6, 6.07) is 6.45. The summed E-state index contributed by atoms with van der Waals surface area (Å²) in [5.74, 6) is 0.163. The van der Waals surface area contributed by atoms with Gasteiger partial charge in [0, 0.05) is 25.9 Å². The van der Waals surface area contributed by atoms with E-state index < -0.39 is 10.5 Å². The van der Waals surface area contributed by atoms with Crippen molar-refractivity contribution in [1.29, 1.82) is 0 Å². The minimum Gasteiger partial charge on any atom is -0.359 e. The largest absolute Gasteiger partial charge is 0.359 e. The normalized spacial score (nSPS) is 10.3. The van der Waals surface area contributed by atoms with Crippen molar-refractivity contribution < 1.29 is 4.92 Å². The second-order valence-electron chi connectivity index (χ2n) is 4.56. The van der Waals surface area contributed by atoms with Gasteiger partial charge in [-0.25, -0.2) is 0 Å². The van der Waals surface area contributed by atoms with E-state index in [2.05, 4.69) is 9.97 Å².